The normalized spacial score (nSPS) is 16.1. The van der Waals surface area contributed by atoms with E-state index in [1.54, 1.807) is 0 Å². The first-order valence-electron chi connectivity index (χ1n) is 20.8. The van der Waals surface area contributed by atoms with Gasteiger partial charge in [0.15, 0.2) is 0 Å². The summed E-state index contributed by atoms with van der Waals surface area (Å²) >= 11 is 0. The molecule has 3 heterocycles. The largest absolute Gasteiger partial charge is 0.455 e. The summed E-state index contributed by atoms with van der Waals surface area (Å²) in [6.07, 6.45) is 15.0. The third-order valence-electron chi connectivity index (χ3n) is 13.3. The van der Waals surface area contributed by atoms with Crippen molar-refractivity contribution < 1.29 is 8.83 Å². The molecule has 56 heavy (non-hydrogen) atoms. The second-order valence-electron chi connectivity index (χ2n) is 16.5. The zero-order valence-electron chi connectivity index (χ0n) is 31.5. The van der Waals surface area contributed by atoms with Gasteiger partial charge in [-0.15, -0.1) is 0 Å². The summed E-state index contributed by atoms with van der Waals surface area (Å²) in [5.74, 6) is 1.23. The Balaban J connectivity index is 1.08. The number of aromatic nitrogens is 2. The highest BCUT2D eigenvalue weighted by molar-refractivity contribution is 6.24. The van der Waals surface area contributed by atoms with Gasteiger partial charge in [-0.3, -0.25) is 4.98 Å². The van der Waals surface area contributed by atoms with Crippen LogP contribution in [-0.2, 0) is 0 Å². The SMILES string of the molecule is c1cc(-c2cnc3c4cc(C5CCCCC5)ccc4c4ccc(C5CCCCC5)cc4c3n2)cc(-c2c3oc4ccccc4c3cc3c2oc2ccccc23)c1. The Morgan fingerprint density at radius 1 is 0.429 bits per heavy atom. The molecule has 2 aliphatic rings. The van der Waals surface area contributed by atoms with Crippen LogP contribution in [-0.4, -0.2) is 9.97 Å². The summed E-state index contributed by atoms with van der Waals surface area (Å²) in [6, 6.07) is 42.0. The number of hydrogen-bond donors (Lipinski definition) is 0. The second-order valence-corrected chi connectivity index (χ2v) is 16.5. The summed E-state index contributed by atoms with van der Waals surface area (Å²) < 4.78 is 13.3. The van der Waals surface area contributed by atoms with Crippen LogP contribution in [0.3, 0.4) is 0 Å². The van der Waals surface area contributed by atoms with Crippen molar-refractivity contribution in [2.45, 2.75) is 76.0 Å². The maximum Gasteiger partial charge on any atom is 0.147 e. The minimum absolute atomic E-state index is 0.608. The molecule has 272 valence electrons. The molecule has 0 N–H and O–H groups in total. The van der Waals surface area contributed by atoms with Crippen molar-refractivity contribution in [2.24, 2.45) is 0 Å². The minimum atomic E-state index is 0.608. The van der Waals surface area contributed by atoms with E-state index in [1.165, 1.54) is 96.9 Å². The molecule has 0 spiro atoms. The fourth-order valence-corrected chi connectivity index (χ4v) is 10.4. The Labute approximate surface area is 325 Å². The lowest BCUT2D eigenvalue weighted by atomic mass is 9.82. The van der Waals surface area contributed by atoms with Crippen molar-refractivity contribution in [1.82, 2.24) is 9.97 Å². The van der Waals surface area contributed by atoms with Crippen LogP contribution in [0.4, 0.5) is 0 Å². The Bertz CT molecular complexity index is 3090. The van der Waals surface area contributed by atoms with Gasteiger partial charge >= 0.3 is 0 Å². The van der Waals surface area contributed by atoms with E-state index in [-0.39, 0.29) is 0 Å². The number of benzene rings is 7. The smallest absolute Gasteiger partial charge is 0.147 e. The molecule has 12 rings (SSSR count). The molecule has 0 saturated heterocycles. The molecule has 0 unspecified atom stereocenters. The van der Waals surface area contributed by atoms with Gasteiger partial charge in [0.25, 0.3) is 0 Å². The molecule has 0 aliphatic heterocycles. The molecule has 4 heteroatoms. The summed E-state index contributed by atoms with van der Waals surface area (Å²) in [5, 5.41) is 9.36. The molecule has 4 nitrogen and oxygen atoms in total. The first-order chi connectivity index (χ1) is 27.7. The van der Waals surface area contributed by atoms with Crippen LogP contribution in [0.5, 0.6) is 0 Å². The highest BCUT2D eigenvalue weighted by Crippen LogP contribution is 2.46. The first kappa shape index (κ1) is 32.3. The number of para-hydroxylation sites is 2. The summed E-state index contributed by atoms with van der Waals surface area (Å²) in [7, 11) is 0. The van der Waals surface area contributed by atoms with E-state index in [0.29, 0.717) is 11.8 Å². The number of rotatable bonds is 4. The third kappa shape index (κ3) is 5.04. The van der Waals surface area contributed by atoms with Crippen molar-refractivity contribution in [3.05, 3.63) is 133 Å². The maximum atomic E-state index is 6.66. The summed E-state index contributed by atoms with van der Waals surface area (Å²) in [4.78, 5) is 10.9. The van der Waals surface area contributed by atoms with Crippen molar-refractivity contribution in [3.8, 4) is 22.4 Å². The van der Waals surface area contributed by atoms with Gasteiger partial charge in [-0.05, 0) is 101 Å². The minimum Gasteiger partial charge on any atom is -0.455 e. The van der Waals surface area contributed by atoms with Gasteiger partial charge in [-0.25, -0.2) is 4.98 Å². The van der Waals surface area contributed by atoms with Crippen molar-refractivity contribution in [2.75, 3.05) is 0 Å². The van der Waals surface area contributed by atoms with Gasteiger partial charge in [0.1, 0.15) is 22.3 Å². The standard InChI is InChI=1S/C52H42N2O2/c1-3-12-31(13-4-1)33-22-24-37-38-25-23-34(32-14-5-2-6-15-32)28-42(38)50-49(41(37)27-33)53-30-45(54-50)35-16-11-17-36(26-35)48-51-43(39-18-7-9-20-46(39)55-51)29-44-40-19-8-10-21-47(40)56-52(44)48/h7-11,16-32H,1-6,12-15H2. The van der Waals surface area contributed by atoms with E-state index in [2.05, 4.69) is 91.0 Å². The first-order valence-corrected chi connectivity index (χ1v) is 20.8. The van der Waals surface area contributed by atoms with E-state index in [0.717, 1.165) is 77.3 Å². The quantitative estimate of drug-likeness (QED) is 0.169. The molecule has 10 aromatic rings. The second kappa shape index (κ2) is 12.8. The molecule has 0 bridgehead atoms. The molecular formula is C52H42N2O2. The lowest BCUT2D eigenvalue weighted by Gasteiger charge is -2.23. The molecule has 0 atom stereocenters. The zero-order valence-corrected chi connectivity index (χ0v) is 31.5. The van der Waals surface area contributed by atoms with E-state index in [4.69, 9.17) is 18.8 Å². The molecule has 0 amide bonds. The number of fused-ring (bicyclic) bond motifs is 12. The molecule has 2 fully saturated rings. The average molecular weight is 727 g/mol. The maximum absolute atomic E-state index is 6.66. The van der Waals surface area contributed by atoms with Crippen molar-refractivity contribution >= 4 is 76.5 Å². The van der Waals surface area contributed by atoms with E-state index < -0.39 is 0 Å². The predicted molar refractivity (Wildman–Crippen MR) is 232 cm³/mol. The van der Waals surface area contributed by atoms with E-state index >= 15 is 0 Å². The number of nitrogens with zero attached hydrogens (tertiary/aromatic N) is 2. The number of hydrogen-bond acceptors (Lipinski definition) is 4. The highest BCUT2D eigenvalue weighted by Gasteiger charge is 2.23. The van der Waals surface area contributed by atoms with Crippen LogP contribution >= 0.6 is 0 Å². The van der Waals surface area contributed by atoms with Gasteiger partial charge in [0.05, 0.1) is 28.5 Å². The molecule has 2 saturated carbocycles. The molecular weight excluding hydrogens is 685 g/mol. The molecule has 2 aliphatic carbocycles. The monoisotopic (exact) mass is 726 g/mol. The van der Waals surface area contributed by atoms with Gasteiger partial charge in [-0.1, -0.05) is 117 Å². The summed E-state index contributed by atoms with van der Waals surface area (Å²) in [6.45, 7) is 0. The highest BCUT2D eigenvalue weighted by atomic mass is 16.3. The fourth-order valence-electron chi connectivity index (χ4n) is 10.4. The van der Waals surface area contributed by atoms with Crippen molar-refractivity contribution in [1.29, 1.82) is 0 Å². The molecule has 0 radical (unpaired) electrons. The van der Waals surface area contributed by atoms with Crippen LogP contribution < -0.4 is 0 Å². The summed E-state index contributed by atoms with van der Waals surface area (Å²) in [5.41, 5.74) is 12.2. The van der Waals surface area contributed by atoms with E-state index in [1.807, 2.05) is 30.5 Å². The Hall–Kier alpha value is -6.00. The third-order valence-corrected chi connectivity index (χ3v) is 13.3. The van der Waals surface area contributed by atoms with Crippen LogP contribution in [0.25, 0.3) is 98.8 Å². The van der Waals surface area contributed by atoms with Gasteiger partial charge < -0.3 is 8.83 Å². The average Bonchev–Trinajstić information content (AvgIpc) is 3.84. The van der Waals surface area contributed by atoms with E-state index in [9.17, 15) is 0 Å². The Kier molecular flexibility index (Phi) is 7.36. The zero-order chi connectivity index (χ0) is 36.7. The number of furan rings is 2. The lowest BCUT2D eigenvalue weighted by molar-refractivity contribution is 0.444. The van der Waals surface area contributed by atoms with Crippen LogP contribution in [0.1, 0.15) is 87.2 Å². The predicted octanol–water partition coefficient (Wildman–Crippen LogP) is 15.2. The van der Waals surface area contributed by atoms with Crippen molar-refractivity contribution in [3.63, 3.8) is 0 Å². The van der Waals surface area contributed by atoms with Crippen LogP contribution in [0, 0.1) is 0 Å². The fraction of sp³-hybridized carbons (Fsp3) is 0.231. The van der Waals surface area contributed by atoms with Crippen LogP contribution in [0.15, 0.2) is 130 Å². The topological polar surface area (TPSA) is 52.1 Å². The van der Waals surface area contributed by atoms with Crippen LogP contribution in [0.2, 0.25) is 0 Å². The van der Waals surface area contributed by atoms with Gasteiger partial charge in [-0.2, -0.15) is 0 Å². The Morgan fingerprint density at radius 3 is 1.59 bits per heavy atom. The van der Waals surface area contributed by atoms with Gasteiger partial charge in [0, 0.05) is 37.9 Å². The van der Waals surface area contributed by atoms with Gasteiger partial charge in [0.2, 0.25) is 0 Å². The molecule has 3 aromatic heterocycles. The lowest BCUT2D eigenvalue weighted by Crippen LogP contribution is -2.05. The Morgan fingerprint density at radius 2 is 0.982 bits per heavy atom. The molecule has 7 aromatic carbocycles.